The van der Waals surface area contributed by atoms with Gasteiger partial charge in [0.15, 0.2) is 0 Å². The van der Waals surface area contributed by atoms with E-state index in [1.165, 1.54) is 5.57 Å². The first-order valence-electron chi connectivity index (χ1n) is 9.63. The second kappa shape index (κ2) is 7.63. The first-order chi connectivity index (χ1) is 13.2. The van der Waals surface area contributed by atoms with Crippen LogP contribution in [0.1, 0.15) is 46.1 Å². The molecule has 2 atom stereocenters. The van der Waals surface area contributed by atoms with Crippen LogP contribution < -0.4 is 4.74 Å². The highest BCUT2D eigenvalue weighted by Gasteiger charge is 2.61. The summed E-state index contributed by atoms with van der Waals surface area (Å²) in [7, 11) is 0. The summed E-state index contributed by atoms with van der Waals surface area (Å²) in [6.45, 7) is 8.82. The SMILES string of the molecule is CCOC(=O)/C=C/C(=O)Oc1ccccc1/C=C1/C(=S)C2(C)CCC1C2(C)C. The van der Waals surface area contributed by atoms with E-state index in [-0.39, 0.29) is 17.4 Å². The number of carbonyl (C=O) groups is 2. The highest BCUT2D eigenvalue weighted by molar-refractivity contribution is 7.81. The second-order valence-corrected chi connectivity index (χ2v) is 8.53. The number of carbonyl (C=O) groups excluding carboxylic acids is 2. The number of ether oxygens (including phenoxy) is 2. The molecule has 1 aromatic carbocycles. The van der Waals surface area contributed by atoms with E-state index < -0.39 is 11.9 Å². The average Bonchev–Trinajstić information content (AvgIpc) is 2.95. The Morgan fingerprint density at radius 1 is 1.18 bits per heavy atom. The molecule has 2 saturated carbocycles. The molecule has 2 unspecified atom stereocenters. The highest BCUT2D eigenvalue weighted by atomic mass is 32.1. The Labute approximate surface area is 171 Å². The van der Waals surface area contributed by atoms with E-state index in [4.69, 9.17) is 21.7 Å². The van der Waals surface area contributed by atoms with Gasteiger partial charge in [0.2, 0.25) is 0 Å². The number of esters is 2. The number of rotatable bonds is 5. The van der Waals surface area contributed by atoms with Gasteiger partial charge in [-0.25, -0.2) is 9.59 Å². The third kappa shape index (κ3) is 3.44. The smallest absolute Gasteiger partial charge is 0.336 e. The third-order valence-electron chi connectivity index (χ3n) is 6.45. The lowest BCUT2D eigenvalue weighted by molar-refractivity contribution is -0.138. The molecule has 0 saturated heterocycles. The molecule has 28 heavy (non-hydrogen) atoms. The first-order valence-corrected chi connectivity index (χ1v) is 10.0. The number of benzene rings is 1. The predicted octanol–water partition coefficient (Wildman–Crippen LogP) is 4.92. The first kappa shape index (κ1) is 20.5. The molecule has 0 aliphatic heterocycles. The number of para-hydroxylation sites is 1. The molecule has 2 aliphatic rings. The Balaban J connectivity index is 1.84. The van der Waals surface area contributed by atoms with E-state index in [0.717, 1.165) is 35.4 Å². The Morgan fingerprint density at radius 3 is 2.50 bits per heavy atom. The lowest BCUT2D eigenvalue weighted by atomic mass is 9.71. The standard InChI is InChI=1S/C23H26O4S/c1-5-26-19(24)10-11-20(25)27-18-9-7-6-8-15(18)14-16-17-12-13-23(4,21(16)28)22(17,2)3/h6-11,14,17H,5,12-13H2,1-4H3/b11-10+,16-14+. The zero-order valence-corrected chi connectivity index (χ0v) is 17.6. The second-order valence-electron chi connectivity index (χ2n) is 8.12. The van der Waals surface area contributed by atoms with Crippen molar-refractivity contribution in [3.63, 3.8) is 0 Å². The molecule has 0 aromatic heterocycles. The van der Waals surface area contributed by atoms with Crippen LogP contribution in [0.4, 0.5) is 0 Å². The topological polar surface area (TPSA) is 52.6 Å². The summed E-state index contributed by atoms with van der Waals surface area (Å²) in [4.78, 5) is 24.5. The zero-order chi connectivity index (χ0) is 20.5. The predicted molar refractivity (Wildman–Crippen MR) is 113 cm³/mol. The van der Waals surface area contributed by atoms with E-state index in [2.05, 4.69) is 26.8 Å². The van der Waals surface area contributed by atoms with Crippen LogP contribution in [0, 0.1) is 16.7 Å². The molecule has 5 heteroatoms. The van der Waals surface area contributed by atoms with Gasteiger partial charge in [0, 0.05) is 28.0 Å². The van der Waals surface area contributed by atoms with Gasteiger partial charge >= 0.3 is 11.9 Å². The van der Waals surface area contributed by atoms with E-state index in [0.29, 0.717) is 11.7 Å². The third-order valence-corrected chi connectivity index (χ3v) is 7.13. The number of hydrogen-bond donors (Lipinski definition) is 0. The number of allylic oxidation sites excluding steroid dienone is 1. The van der Waals surface area contributed by atoms with Gasteiger partial charge in [0.05, 0.1) is 6.61 Å². The van der Waals surface area contributed by atoms with Crippen LogP contribution in [0.3, 0.4) is 0 Å². The van der Waals surface area contributed by atoms with Crippen molar-refractivity contribution in [2.75, 3.05) is 6.61 Å². The lowest BCUT2D eigenvalue weighted by Crippen LogP contribution is -2.31. The van der Waals surface area contributed by atoms with Crippen LogP contribution in [0.25, 0.3) is 6.08 Å². The summed E-state index contributed by atoms with van der Waals surface area (Å²) in [6, 6.07) is 7.37. The molecule has 148 valence electrons. The van der Waals surface area contributed by atoms with Crippen molar-refractivity contribution >= 4 is 35.1 Å². The van der Waals surface area contributed by atoms with Crippen molar-refractivity contribution in [2.24, 2.45) is 16.7 Å². The minimum absolute atomic E-state index is 0.0346. The zero-order valence-electron chi connectivity index (χ0n) is 16.8. The molecular weight excluding hydrogens is 372 g/mol. The van der Waals surface area contributed by atoms with Crippen molar-refractivity contribution < 1.29 is 19.1 Å². The fourth-order valence-electron chi connectivity index (χ4n) is 4.42. The van der Waals surface area contributed by atoms with Gasteiger partial charge in [-0.1, -0.05) is 51.2 Å². The van der Waals surface area contributed by atoms with Crippen molar-refractivity contribution in [3.05, 3.63) is 47.6 Å². The molecule has 0 spiro atoms. The van der Waals surface area contributed by atoms with Gasteiger partial charge in [-0.15, -0.1) is 0 Å². The van der Waals surface area contributed by atoms with Crippen molar-refractivity contribution in [2.45, 2.75) is 40.5 Å². The van der Waals surface area contributed by atoms with Crippen molar-refractivity contribution in [3.8, 4) is 5.75 Å². The van der Waals surface area contributed by atoms with Gasteiger partial charge in [0.25, 0.3) is 0 Å². The van der Waals surface area contributed by atoms with Crippen LogP contribution in [-0.4, -0.2) is 23.4 Å². The summed E-state index contributed by atoms with van der Waals surface area (Å²) >= 11 is 5.84. The molecule has 2 aliphatic carbocycles. The van der Waals surface area contributed by atoms with Gasteiger partial charge in [-0.3, -0.25) is 0 Å². The van der Waals surface area contributed by atoms with E-state index in [1.807, 2.05) is 18.2 Å². The summed E-state index contributed by atoms with van der Waals surface area (Å²) in [5.74, 6) is -0.334. The molecule has 1 aromatic rings. The Bertz CT molecular complexity index is 880. The molecule has 4 nitrogen and oxygen atoms in total. The van der Waals surface area contributed by atoms with Gasteiger partial charge < -0.3 is 9.47 Å². The van der Waals surface area contributed by atoms with Crippen LogP contribution in [-0.2, 0) is 14.3 Å². The number of fused-ring (bicyclic) bond motifs is 2. The number of thiocarbonyl (C=S) groups is 1. The minimum atomic E-state index is -0.623. The highest BCUT2D eigenvalue weighted by Crippen LogP contribution is 2.66. The fraction of sp³-hybridized carbons (Fsp3) is 0.435. The summed E-state index contributed by atoms with van der Waals surface area (Å²) in [5, 5.41) is 0. The van der Waals surface area contributed by atoms with Crippen LogP contribution in [0.15, 0.2) is 42.0 Å². The maximum Gasteiger partial charge on any atom is 0.336 e. The van der Waals surface area contributed by atoms with Gasteiger partial charge in [0.1, 0.15) is 5.75 Å². The number of hydrogen-bond acceptors (Lipinski definition) is 5. The van der Waals surface area contributed by atoms with Crippen LogP contribution in [0.5, 0.6) is 5.75 Å². The van der Waals surface area contributed by atoms with Crippen molar-refractivity contribution in [1.29, 1.82) is 0 Å². The summed E-state index contributed by atoms with van der Waals surface area (Å²) in [5.41, 5.74) is 2.15. The molecule has 2 fully saturated rings. The van der Waals surface area contributed by atoms with Crippen LogP contribution >= 0.6 is 12.2 Å². The van der Waals surface area contributed by atoms with E-state index in [9.17, 15) is 9.59 Å². The Morgan fingerprint density at radius 2 is 1.86 bits per heavy atom. The summed E-state index contributed by atoms with van der Waals surface area (Å²) in [6.07, 6.45) is 6.46. The molecular formula is C23H26O4S. The van der Waals surface area contributed by atoms with Gasteiger partial charge in [-0.2, -0.15) is 0 Å². The normalized spacial score (nSPS) is 26.8. The lowest BCUT2D eigenvalue weighted by Gasteiger charge is -2.33. The molecule has 0 radical (unpaired) electrons. The van der Waals surface area contributed by atoms with Crippen LogP contribution in [0.2, 0.25) is 0 Å². The average molecular weight is 399 g/mol. The quantitative estimate of drug-likeness (QED) is 0.305. The molecule has 0 amide bonds. The Kier molecular flexibility index (Phi) is 5.57. The fourth-order valence-corrected chi connectivity index (χ4v) is 4.99. The molecule has 0 N–H and O–H groups in total. The van der Waals surface area contributed by atoms with E-state index >= 15 is 0 Å². The van der Waals surface area contributed by atoms with Gasteiger partial charge in [-0.05, 0) is 48.8 Å². The van der Waals surface area contributed by atoms with E-state index in [1.54, 1.807) is 13.0 Å². The minimum Gasteiger partial charge on any atom is -0.463 e. The maximum absolute atomic E-state index is 12.1. The monoisotopic (exact) mass is 398 g/mol. The summed E-state index contributed by atoms with van der Waals surface area (Å²) < 4.78 is 10.2. The largest absolute Gasteiger partial charge is 0.463 e. The Hall–Kier alpha value is -2.27. The maximum atomic E-state index is 12.1. The molecule has 3 rings (SSSR count). The molecule has 2 bridgehead atoms. The molecule has 0 heterocycles. The van der Waals surface area contributed by atoms with Crippen molar-refractivity contribution in [1.82, 2.24) is 0 Å².